The summed E-state index contributed by atoms with van der Waals surface area (Å²) in [5.41, 5.74) is 0. The lowest BCUT2D eigenvalue weighted by molar-refractivity contribution is -0.127. The van der Waals surface area contributed by atoms with E-state index in [0.717, 1.165) is 0 Å². The van der Waals surface area contributed by atoms with Gasteiger partial charge in [-0.1, -0.05) is 0 Å². The minimum absolute atomic E-state index is 0.0303. The van der Waals surface area contributed by atoms with Gasteiger partial charge in [0.25, 0.3) is 0 Å². The number of hydrogen-bond donors (Lipinski definition) is 3. The molecule has 6 nitrogen and oxygen atoms in total. The molecular weight excluding hydrogens is 210 g/mol. The Hall–Kier alpha value is -1.14. The first-order valence-corrected chi connectivity index (χ1v) is 5.48. The van der Waals surface area contributed by atoms with E-state index in [0.29, 0.717) is 19.5 Å². The molecule has 2 amide bonds. The van der Waals surface area contributed by atoms with Gasteiger partial charge in [0.1, 0.15) is 0 Å². The molecule has 2 atom stereocenters. The molecule has 0 spiro atoms. The van der Waals surface area contributed by atoms with E-state index in [2.05, 4.69) is 16.0 Å². The molecule has 0 bridgehead atoms. The van der Waals surface area contributed by atoms with Crippen LogP contribution in [0.25, 0.3) is 0 Å². The number of methoxy groups -OCH3 is 1. The first-order chi connectivity index (χ1) is 7.67. The molecule has 1 aliphatic heterocycles. The van der Waals surface area contributed by atoms with Crippen molar-refractivity contribution in [1.29, 1.82) is 0 Å². The number of nitrogens with one attached hydrogen (secondary N) is 3. The molecule has 1 saturated heterocycles. The van der Waals surface area contributed by atoms with E-state index in [4.69, 9.17) is 4.74 Å². The molecular formula is C10H19N3O3. The molecule has 0 radical (unpaired) electrons. The summed E-state index contributed by atoms with van der Waals surface area (Å²) in [6, 6.07) is -0.251. The van der Waals surface area contributed by atoms with E-state index in [1.807, 2.05) is 6.92 Å². The lowest BCUT2D eigenvalue weighted by atomic mass is 10.2. The van der Waals surface area contributed by atoms with Crippen molar-refractivity contribution >= 4 is 11.8 Å². The topological polar surface area (TPSA) is 79.5 Å². The Morgan fingerprint density at radius 2 is 2.19 bits per heavy atom. The fourth-order valence-electron chi connectivity index (χ4n) is 1.63. The quantitative estimate of drug-likeness (QED) is 0.542. The zero-order valence-electron chi connectivity index (χ0n) is 9.71. The zero-order valence-corrected chi connectivity index (χ0v) is 9.71. The lowest BCUT2D eigenvalue weighted by Crippen LogP contribution is -2.44. The average molecular weight is 229 g/mol. The van der Waals surface area contributed by atoms with Gasteiger partial charge in [0, 0.05) is 20.2 Å². The van der Waals surface area contributed by atoms with Crippen LogP contribution in [0.3, 0.4) is 0 Å². The highest BCUT2D eigenvalue weighted by atomic mass is 16.5. The Kier molecular flexibility index (Phi) is 5.21. The van der Waals surface area contributed by atoms with Gasteiger partial charge < -0.3 is 20.7 Å². The van der Waals surface area contributed by atoms with Crippen LogP contribution in [0.1, 0.15) is 13.3 Å². The molecule has 1 rings (SSSR count). The molecule has 1 aliphatic rings. The monoisotopic (exact) mass is 229 g/mol. The van der Waals surface area contributed by atoms with Crippen LogP contribution in [0, 0.1) is 0 Å². The number of carbonyl (C=O) groups is 2. The van der Waals surface area contributed by atoms with E-state index in [1.54, 1.807) is 7.11 Å². The fourth-order valence-corrected chi connectivity index (χ4v) is 1.63. The maximum absolute atomic E-state index is 11.6. The third-order valence-electron chi connectivity index (χ3n) is 2.54. The number of hydrogen-bond acceptors (Lipinski definition) is 4. The summed E-state index contributed by atoms with van der Waals surface area (Å²) in [4.78, 5) is 22.7. The third-order valence-corrected chi connectivity index (χ3v) is 2.54. The van der Waals surface area contributed by atoms with Crippen molar-refractivity contribution in [2.24, 2.45) is 0 Å². The normalized spacial score (nSPS) is 24.1. The van der Waals surface area contributed by atoms with Crippen LogP contribution in [-0.2, 0) is 14.3 Å². The van der Waals surface area contributed by atoms with Crippen molar-refractivity contribution in [2.45, 2.75) is 25.5 Å². The third kappa shape index (κ3) is 3.79. The van der Waals surface area contributed by atoms with Gasteiger partial charge in [-0.25, -0.2) is 0 Å². The Morgan fingerprint density at radius 1 is 1.44 bits per heavy atom. The summed E-state index contributed by atoms with van der Waals surface area (Å²) in [7, 11) is 1.63. The zero-order chi connectivity index (χ0) is 12.0. The number of carbonyl (C=O) groups excluding carboxylic acids is 2. The van der Waals surface area contributed by atoms with E-state index in [-0.39, 0.29) is 30.5 Å². The summed E-state index contributed by atoms with van der Waals surface area (Å²) < 4.78 is 5.13. The smallest absolute Gasteiger partial charge is 0.239 e. The Labute approximate surface area is 95.1 Å². The molecule has 2 unspecified atom stereocenters. The Morgan fingerprint density at radius 3 is 2.75 bits per heavy atom. The fraction of sp³-hybridized carbons (Fsp3) is 0.800. The highest BCUT2D eigenvalue weighted by molar-refractivity contribution is 5.87. The average Bonchev–Trinajstić information content (AvgIpc) is 2.75. The number of ether oxygens (including phenoxy) is 1. The molecule has 0 aromatic carbocycles. The van der Waals surface area contributed by atoms with Gasteiger partial charge in [0.2, 0.25) is 11.8 Å². The molecule has 6 heteroatoms. The molecule has 1 fully saturated rings. The van der Waals surface area contributed by atoms with Crippen LogP contribution in [0.5, 0.6) is 0 Å². The Balaban J connectivity index is 2.23. The van der Waals surface area contributed by atoms with E-state index in [1.165, 1.54) is 0 Å². The summed E-state index contributed by atoms with van der Waals surface area (Å²) in [6.45, 7) is 3.11. The van der Waals surface area contributed by atoms with Crippen molar-refractivity contribution in [2.75, 3.05) is 26.7 Å². The van der Waals surface area contributed by atoms with Crippen molar-refractivity contribution < 1.29 is 14.3 Å². The van der Waals surface area contributed by atoms with Crippen LogP contribution in [0.4, 0.5) is 0 Å². The van der Waals surface area contributed by atoms with Crippen LogP contribution in [0.2, 0.25) is 0 Å². The SMILES string of the molecule is CCNC(=O)CNC(=O)C1CC(OC)CN1. The second kappa shape index (κ2) is 6.44. The van der Waals surface area contributed by atoms with Crippen LogP contribution < -0.4 is 16.0 Å². The summed E-state index contributed by atoms with van der Waals surface area (Å²) >= 11 is 0. The van der Waals surface area contributed by atoms with Gasteiger partial charge in [-0.05, 0) is 13.3 Å². The van der Waals surface area contributed by atoms with Crippen molar-refractivity contribution in [3.05, 3.63) is 0 Å². The van der Waals surface area contributed by atoms with Crippen LogP contribution in [-0.4, -0.2) is 50.7 Å². The molecule has 1 heterocycles. The minimum Gasteiger partial charge on any atom is -0.380 e. The molecule has 92 valence electrons. The molecule has 16 heavy (non-hydrogen) atoms. The summed E-state index contributed by atoms with van der Waals surface area (Å²) in [5.74, 6) is -0.317. The minimum atomic E-state index is -0.251. The highest BCUT2D eigenvalue weighted by Gasteiger charge is 2.29. The van der Waals surface area contributed by atoms with Gasteiger partial charge in [-0.15, -0.1) is 0 Å². The van der Waals surface area contributed by atoms with Crippen molar-refractivity contribution in [1.82, 2.24) is 16.0 Å². The maximum Gasteiger partial charge on any atom is 0.239 e. The first-order valence-electron chi connectivity index (χ1n) is 5.48. The van der Waals surface area contributed by atoms with Crippen molar-refractivity contribution in [3.63, 3.8) is 0 Å². The number of rotatable bonds is 5. The van der Waals surface area contributed by atoms with E-state index < -0.39 is 0 Å². The second-order valence-corrected chi connectivity index (χ2v) is 3.73. The highest BCUT2D eigenvalue weighted by Crippen LogP contribution is 2.08. The summed E-state index contributed by atoms with van der Waals surface area (Å²) in [5, 5.41) is 8.24. The predicted molar refractivity (Wildman–Crippen MR) is 58.9 cm³/mol. The standard InChI is InChI=1S/C10H19N3O3/c1-3-11-9(14)6-13-10(15)8-4-7(16-2)5-12-8/h7-8,12H,3-6H2,1-2H3,(H,11,14)(H,13,15). The van der Waals surface area contributed by atoms with Gasteiger partial charge >= 0.3 is 0 Å². The predicted octanol–water partition coefficient (Wildman–Crippen LogP) is -1.38. The van der Waals surface area contributed by atoms with Crippen molar-refractivity contribution in [3.8, 4) is 0 Å². The van der Waals surface area contributed by atoms with Gasteiger partial charge in [0.15, 0.2) is 0 Å². The first kappa shape index (κ1) is 12.9. The van der Waals surface area contributed by atoms with Crippen LogP contribution in [0.15, 0.2) is 0 Å². The molecule has 0 aliphatic carbocycles. The summed E-state index contributed by atoms with van der Waals surface area (Å²) in [6.07, 6.45) is 0.734. The maximum atomic E-state index is 11.6. The van der Waals surface area contributed by atoms with Gasteiger partial charge in [-0.3, -0.25) is 9.59 Å². The van der Waals surface area contributed by atoms with E-state index in [9.17, 15) is 9.59 Å². The molecule has 0 aromatic rings. The number of likely N-dealkylation sites (N-methyl/N-ethyl adjacent to an activating group) is 1. The molecule has 0 aromatic heterocycles. The molecule has 0 saturated carbocycles. The number of amides is 2. The van der Waals surface area contributed by atoms with E-state index >= 15 is 0 Å². The van der Waals surface area contributed by atoms with Gasteiger partial charge in [-0.2, -0.15) is 0 Å². The Bertz CT molecular complexity index is 258. The lowest BCUT2D eigenvalue weighted by Gasteiger charge is -2.10. The van der Waals surface area contributed by atoms with Crippen LogP contribution >= 0.6 is 0 Å². The largest absolute Gasteiger partial charge is 0.380 e. The van der Waals surface area contributed by atoms with Gasteiger partial charge in [0.05, 0.1) is 18.7 Å². The second-order valence-electron chi connectivity index (χ2n) is 3.73. The molecule has 3 N–H and O–H groups in total.